The van der Waals surface area contributed by atoms with E-state index in [0.29, 0.717) is 6.54 Å². The highest BCUT2D eigenvalue weighted by Gasteiger charge is 2.09. The normalized spacial score (nSPS) is 13.1. The van der Waals surface area contributed by atoms with E-state index >= 15 is 0 Å². The predicted octanol–water partition coefficient (Wildman–Crippen LogP) is -0.256. The fourth-order valence-electron chi connectivity index (χ4n) is 0.913. The summed E-state index contributed by atoms with van der Waals surface area (Å²) < 4.78 is 0. The third-order valence-corrected chi connectivity index (χ3v) is 1.80. The van der Waals surface area contributed by atoms with E-state index in [1.165, 1.54) is 0 Å². The number of likely N-dealkylation sites (N-methyl/N-ethyl adjacent to an activating group) is 2. The van der Waals surface area contributed by atoms with Gasteiger partial charge in [0.2, 0.25) is 5.91 Å². The van der Waals surface area contributed by atoms with Crippen LogP contribution in [-0.4, -0.2) is 56.0 Å². The average Bonchev–Trinajstić information content (AvgIpc) is 1.98. The molecule has 0 rings (SSSR count). The van der Waals surface area contributed by atoms with Crippen LogP contribution in [0.1, 0.15) is 13.3 Å². The number of hydrogen-bond donors (Lipinski definition) is 1. The molecule has 0 aromatic carbocycles. The zero-order valence-corrected chi connectivity index (χ0v) is 9.08. The summed E-state index contributed by atoms with van der Waals surface area (Å²) in [4.78, 5) is 15.0. The fourth-order valence-corrected chi connectivity index (χ4v) is 0.913. The van der Waals surface area contributed by atoms with Gasteiger partial charge in [-0.2, -0.15) is 0 Å². The van der Waals surface area contributed by atoms with Crippen molar-refractivity contribution in [2.45, 2.75) is 19.4 Å². The quantitative estimate of drug-likeness (QED) is 0.645. The van der Waals surface area contributed by atoms with Crippen molar-refractivity contribution in [1.82, 2.24) is 9.80 Å². The van der Waals surface area contributed by atoms with Gasteiger partial charge >= 0.3 is 0 Å². The van der Waals surface area contributed by atoms with Gasteiger partial charge in [0.25, 0.3) is 0 Å². The molecule has 13 heavy (non-hydrogen) atoms. The topological polar surface area (TPSA) is 49.6 Å². The van der Waals surface area contributed by atoms with Crippen LogP contribution in [0.3, 0.4) is 0 Å². The van der Waals surface area contributed by atoms with Crippen LogP contribution in [-0.2, 0) is 4.79 Å². The number of carbonyl (C=O) groups is 1. The minimum Gasteiger partial charge on any atom is -0.345 e. The monoisotopic (exact) mass is 187 g/mol. The summed E-state index contributed by atoms with van der Waals surface area (Å²) in [6, 6.07) is 0.162. The van der Waals surface area contributed by atoms with Gasteiger partial charge < -0.3 is 15.5 Å². The second-order valence-corrected chi connectivity index (χ2v) is 3.82. The van der Waals surface area contributed by atoms with Crippen molar-refractivity contribution in [3.63, 3.8) is 0 Å². The molecule has 1 atom stereocenters. The van der Waals surface area contributed by atoms with E-state index < -0.39 is 0 Å². The second kappa shape index (κ2) is 5.94. The van der Waals surface area contributed by atoms with Gasteiger partial charge in [0, 0.05) is 19.6 Å². The Hall–Kier alpha value is -0.610. The molecule has 78 valence electrons. The van der Waals surface area contributed by atoms with Gasteiger partial charge in [-0.15, -0.1) is 0 Å². The maximum Gasteiger partial charge on any atom is 0.236 e. The largest absolute Gasteiger partial charge is 0.345 e. The third kappa shape index (κ3) is 6.54. The standard InChI is InChI=1S/C9H21N3O/c1-8(10)5-6-12(4)9(13)7-11(2)3/h8H,5-7,10H2,1-4H3. The zero-order chi connectivity index (χ0) is 10.4. The van der Waals surface area contributed by atoms with Crippen LogP contribution in [0, 0.1) is 0 Å². The summed E-state index contributed by atoms with van der Waals surface area (Å²) in [6.45, 7) is 3.16. The lowest BCUT2D eigenvalue weighted by Gasteiger charge is -2.20. The molecule has 0 saturated heterocycles. The van der Waals surface area contributed by atoms with E-state index in [1.54, 1.807) is 4.90 Å². The molecule has 1 amide bonds. The molecule has 0 aromatic heterocycles. The van der Waals surface area contributed by atoms with Gasteiger partial charge in [-0.05, 0) is 27.4 Å². The Balaban J connectivity index is 3.69. The summed E-state index contributed by atoms with van der Waals surface area (Å²) in [5, 5.41) is 0. The minimum atomic E-state index is 0.144. The Morgan fingerprint density at radius 1 is 1.38 bits per heavy atom. The molecule has 0 aliphatic carbocycles. The highest BCUT2D eigenvalue weighted by Crippen LogP contribution is 1.92. The summed E-state index contributed by atoms with van der Waals surface area (Å²) >= 11 is 0. The first-order valence-electron chi connectivity index (χ1n) is 4.57. The molecule has 0 spiro atoms. The Morgan fingerprint density at radius 2 is 1.92 bits per heavy atom. The lowest BCUT2D eigenvalue weighted by atomic mass is 10.2. The molecule has 4 heteroatoms. The minimum absolute atomic E-state index is 0.144. The van der Waals surface area contributed by atoms with E-state index in [1.807, 2.05) is 33.0 Å². The van der Waals surface area contributed by atoms with Crippen molar-refractivity contribution >= 4 is 5.91 Å². The summed E-state index contributed by atoms with van der Waals surface area (Å²) in [6.07, 6.45) is 0.857. The van der Waals surface area contributed by atoms with Crippen LogP contribution in [0.2, 0.25) is 0 Å². The molecule has 0 aromatic rings. The van der Waals surface area contributed by atoms with Crippen molar-refractivity contribution in [3.8, 4) is 0 Å². The van der Waals surface area contributed by atoms with E-state index in [9.17, 15) is 4.79 Å². The SMILES string of the molecule is CC(N)CCN(C)C(=O)CN(C)C. The number of amides is 1. The van der Waals surface area contributed by atoms with Gasteiger partial charge in [0.1, 0.15) is 0 Å². The molecule has 0 bridgehead atoms. The second-order valence-electron chi connectivity index (χ2n) is 3.82. The van der Waals surface area contributed by atoms with Crippen molar-refractivity contribution < 1.29 is 4.79 Å². The zero-order valence-electron chi connectivity index (χ0n) is 9.08. The van der Waals surface area contributed by atoms with Crippen LogP contribution in [0.4, 0.5) is 0 Å². The summed E-state index contributed by atoms with van der Waals surface area (Å²) in [7, 11) is 5.59. The molecular weight excluding hydrogens is 166 g/mol. The van der Waals surface area contributed by atoms with E-state index in [4.69, 9.17) is 5.73 Å². The van der Waals surface area contributed by atoms with Crippen LogP contribution in [0.25, 0.3) is 0 Å². The third-order valence-electron chi connectivity index (χ3n) is 1.80. The van der Waals surface area contributed by atoms with Gasteiger partial charge in [-0.25, -0.2) is 0 Å². The molecule has 0 radical (unpaired) electrons. The van der Waals surface area contributed by atoms with Gasteiger partial charge in [-0.1, -0.05) is 0 Å². The molecule has 4 nitrogen and oxygen atoms in total. The fraction of sp³-hybridized carbons (Fsp3) is 0.889. The van der Waals surface area contributed by atoms with Crippen molar-refractivity contribution in [1.29, 1.82) is 0 Å². The van der Waals surface area contributed by atoms with Crippen molar-refractivity contribution in [2.24, 2.45) is 5.73 Å². The Kier molecular flexibility index (Phi) is 5.66. The predicted molar refractivity (Wildman–Crippen MR) is 54.5 cm³/mol. The highest BCUT2D eigenvalue weighted by atomic mass is 16.2. The number of nitrogens with two attached hydrogens (primary N) is 1. The van der Waals surface area contributed by atoms with Crippen LogP contribution in [0.15, 0.2) is 0 Å². The number of hydrogen-bond acceptors (Lipinski definition) is 3. The van der Waals surface area contributed by atoms with E-state index in [-0.39, 0.29) is 11.9 Å². The van der Waals surface area contributed by atoms with Crippen molar-refractivity contribution in [2.75, 3.05) is 34.2 Å². The van der Waals surface area contributed by atoms with Crippen LogP contribution in [0.5, 0.6) is 0 Å². The van der Waals surface area contributed by atoms with Crippen LogP contribution >= 0.6 is 0 Å². The summed E-state index contributed by atoms with van der Waals surface area (Å²) in [5.41, 5.74) is 5.59. The Morgan fingerprint density at radius 3 is 2.31 bits per heavy atom. The summed E-state index contributed by atoms with van der Waals surface area (Å²) in [5.74, 6) is 0.144. The first kappa shape index (κ1) is 12.4. The van der Waals surface area contributed by atoms with Crippen LogP contribution < -0.4 is 5.73 Å². The lowest BCUT2D eigenvalue weighted by molar-refractivity contribution is -0.130. The van der Waals surface area contributed by atoms with Gasteiger partial charge in [0.15, 0.2) is 0 Å². The lowest BCUT2D eigenvalue weighted by Crippen LogP contribution is -2.37. The number of carbonyl (C=O) groups excluding carboxylic acids is 1. The maximum absolute atomic E-state index is 11.4. The smallest absolute Gasteiger partial charge is 0.236 e. The van der Waals surface area contributed by atoms with E-state index in [2.05, 4.69) is 0 Å². The first-order chi connectivity index (χ1) is 5.93. The molecule has 0 aliphatic rings. The number of rotatable bonds is 5. The molecule has 0 aliphatic heterocycles. The first-order valence-corrected chi connectivity index (χ1v) is 4.57. The highest BCUT2D eigenvalue weighted by molar-refractivity contribution is 5.77. The van der Waals surface area contributed by atoms with Gasteiger partial charge in [0.05, 0.1) is 6.54 Å². The van der Waals surface area contributed by atoms with E-state index in [0.717, 1.165) is 13.0 Å². The molecular formula is C9H21N3O. The molecule has 0 saturated carbocycles. The molecule has 1 unspecified atom stereocenters. The molecule has 2 N–H and O–H groups in total. The molecule has 0 fully saturated rings. The molecule has 0 heterocycles. The average molecular weight is 187 g/mol. The van der Waals surface area contributed by atoms with Crippen molar-refractivity contribution in [3.05, 3.63) is 0 Å². The van der Waals surface area contributed by atoms with Gasteiger partial charge in [-0.3, -0.25) is 4.79 Å². The Labute approximate surface area is 80.7 Å². The Bertz CT molecular complexity index is 157. The number of nitrogens with zero attached hydrogens (tertiary/aromatic N) is 2. The maximum atomic E-state index is 11.4.